The van der Waals surface area contributed by atoms with E-state index in [1.54, 1.807) is 41.2 Å². The molecule has 0 unspecified atom stereocenters. The molecule has 2 heterocycles. The third-order valence-corrected chi connectivity index (χ3v) is 8.11. The van der Waals surface area contributed by atoms with Gasteiger partial charge in [-0.1, -0.05) is 47.8 Å². The average Bonchev–Trinajstić information content (AvgIpc) is 3.24. The van der Waals surface area contributed by atoms with E-state index in [1.165, 1.54) is 16.4 Å². The molecular weight excluding hydrogens is 471 g/mol. The van der Waals surface area contributed by atoms with Crippen molar-refractivity contribution in [2.24, 2.45) is 0 Å². The van der Waals surface area contributed by atoms with Crippen LogP contribution in [0.1, 0.15) is 35.2 Å². The van der Waals surface area contributed by atoms with Gasteiger partial charge in [-0.15, -0.1) is 0 Å². The van der Waals surface area contributed by atoms with Crippen LogP contribution < -0.4 is 5.32 Å². The van der Waals surface area contributed by atoms with E-state index in [1.807, 2.05) is 6.07 Å². The van der Waals surface area contributed by atoms with Gasteiger partial charge in [0.1, 0.15) is 5.82 Å². The van der Waals surface area contributed by atoms with Crippen molar-refractivity contribution in [1.29, 1.82) is 0 Å². The molecule has 1 amide bonds. The number of nitrogens with one attached hydrogen (secondary N) is 1. The summed E-state index contributed by atoms with van der Waals surface area (Å²) in [7, 11) is -3.63. The smallest absolute Gasteiger partial charge is 0.256 e. The van der Waals surface area contributed by atoms with Crippen LogP contribution in [0.2, 0.25) is 10.0 Å². The van der Waals surface area contributed by atoms with Crippen molar-refractivity contribution in [3.63, 3.8) is 0 Å². The number of amides is 1. The number of benzene rings is 2. The molecule has 7 nitrogen and oxygen atoms in total. The van der Waals surface area contributed by atoms with Gasteiger partial charge >= 0.3 is 0 Å². The van der Waals surface area contributed by atoms with Crippen molar-refractivity contribution in [1.82, 2.24) is 14.1 Å². The summed E-state index contributed by atoms with van der Waals surface area (Å²) in [5.74, 6) is 0.0231. The molecule has 10 heteroatoms. The normalized spacial score (nSPS) is 14.9. The lowest BCUT2D eigenvalue weighted by Crippen LogP contribution is -2.35. The Morgan fingerprint density at radius 3 is 2.56 bits per heavy atom. The summed E-state index contributed by atoms with van der Waals surface area (Å²) in [4.78, 5) is 13.0. The first-order valence-electron chi connectivity index (χ1n) is 10.2. The van der Waals surface area contributed by atoms with Crippen molar-refractivity contribution in [3.8, 4) is 0 Å². The molecule has 1 N–H and O–H groups in total. The Bertz CT molecular complexity index is 1240. The van der Waals surface area contributed by atoms with Gasteiger partial charge < -0.3 is 5.32 Å². The van der Waals surface area contributed by atoms with Crippen LogP contribution in [0.5, 0.6) is 0 Å². The highest BCUT2D eigenvalue weighted by atomic mass is 35.5. The Labute approximate surface area is 197 Å². The third-order valence-electron chi connectivity index (χ3n) is 5.36. The zero-order valence-electron chi connectivity index (χ0n) is 17.2. The first-order chi connectivity index (χ1) is 15.4. The van der Waals surface area contributed by atoms with Gasteiger partial charge in [0.15, 0.2) is 0 Å². The Hall–Kier alpha value is -2.39. The van der Waals surface area contributed by atoms with Crippen LogP contribution in [0.3, 0.4) is 0 Å². The molecule has 0 saturated carbocycles. The fraction of sp³-hybridized carbons (Fsp3) is 0.273. The second-order valence-corrected chi connectivity index (χ2v) is 10.3. The maximum Gasteiger partial charge on any atom is 0.256 e. The van der Waals surface area contributed by atoms with Gasteiger partial charge in [0.25, 0.3) is 5.91 Å². The molecule has 0 aliphatic carbocycles. The fourth-order valence-corrected chi connectivity index (χ4v) is 5.58. The minimum atomic E-state index is -3.63. The van der Waals surface area contributed by atoms with E-state index in [0.29, 0.717) is 35.5 Å². The molecule has 4 rings (SSSR count). The van der Waals surface area contributed by atoms with Gasteiger partial charge in [-0.25, -0.2) is 13.1 Å². The van der Waals surface area contributed by atoms with Crippen molar-refractivity contribution < 1.29 is 13.2 Å². The molecule has 1 fully saturated rings. The summed E-state index contributed by atoms with van der Waals surface area (Å²) >= 11 is 12.3. The molecule has 0 atom stereocenters. The number of sulfonamides is 1. The van der Waals surface area contributed by atoms with Crippen LogP contribution in [-0.2, 0) is 16.6 Å². The second kappa shape index (κ2) is 9.62. The van der Waals surface area contributed by atoms with Crippen LogP contribution in [0, 0.1) is 0 Å². The van der Waals surface area contributed by atoms with Crippen molar-refractivity contribution in [3.05, 3.63) is 75.9 Å². The molecule has 168 valence electrons. The van der Waals surface area contributed by atoms with E-state index >= 15 is 0 Å². The number of nitrogens with zero attached hydrogens (tertiary/aromatic N) is 3. The molecule has 1 aliphatic heterocycles. The summed E-state index contributed by atoms with van der Waals surface area (Å²) in [6.07, 6.45) is 4.29. The van der Waals surface area contributed by atoms with Crippen LogP contribution in [0.15, 0.2) is 59.6 Å². The van der Waals surface area contributed by atoms with Gasteiger partial charge in [0, 0.05) is 24.7 Å². The van der Waals surface area contributed by atoms with E-state index in [4.69, 9.17) is 23.2 Å². The summed E-state index contributed by atoms with van der Waals surface area (Å²) in [6, 6.07) is 13.1. The summed E-state index contributed by atoms with van der Waals surface area (Å²) in [6.45, 7) is 1.32. The van der Waals surface area contributed by atoms with Gasteiger partial charge in [0.05, 0.1) is 27.7 Å². The minimum absolute atomic E-state index is 0.117. The van der Waals surface area contributed by atoms with Crippen molar-refractivity contribution in [2.75, 3.05) is 18.4 Å². The van der Waals surface area contributed by atoms with Crippen LogP contribution in [0.25, 0.3) is 0 Å². The standard InChI is InChI=1S/C22H22Cl2N4O3S/c23-19-9-5-7-17(21(19)24)15-28-20(10-11-25-28)26-22(29)16-6-4-8-18(14-16)32(30,31)27-12-2-1-3-13-27/h4-11,14H,1-3,12-13,15H2,(H,26,29). The topological polar surface area (TPSA) is 84.3 Å². The maximum atomic E-state index is 13.0. The zero-order valence-corrected chi connectivity index (χ0v) is 19.5. The molecule has 1 aromatic heterocycles. The van der Waals surface area contributed by atoms with E-state index in [9.17, 15) is 13.2 Å². The van der Waals surface area contributed by atoms with E-state index in [2.05, 4.69) is 10.4 Å². The number of carbonyl (C=O) groups is 1. The van der Waals surface area contributed by atoms with Crippen LogP contribution in [-0.4, -0.2) is 41.5 Å². The monoisotopic (exact) mass is 492 g/mol. The van der Waals surface area contributed by atoms with Gasteiger partial charge in [-0.05, 0) is 42.7 Å². The molecule has 0 bridgehead atoms. The maximum absolute atomic E-state index is 13.0. The van der Waals surface area contributed by atoms with Crippen LogP contribution >= 0.6 is 23.2 Å². The number of anilines is 1. The van der Waals surface area contributed by atoms with Crippen LogP contribution in [0.4, 0.5) is 5.82 Å². The average molecular weight is 493 g/mol. The Balaban J connectivity index is 1.53. The molecule has 0 spiro atoms. The quantitative estimate of drug-likeness (QED) is 0.541. The lowest BCUT2D eigenvalue weighted by Gasteiger charge is -2.26. The molecular formula is C22H22Cl2N4O3S. The number of carbonyl (C=O) groups excluding carboxylic acids is 1. The zero-order chi connectivity index (χ0) is 22.7. The molecule has 3 aromatic rings. The SMILES string of the molecule is O=C(Nc1ccnn1Cc1cccc(Cl)c1Cl)c1cccc(S(=O)(=O)N2CCCCC2)c1. The molecule has 32 heavy (non-hydrogen) atoms. The minimum Gasteiger partial charge on any atom is -0.307 e. The number of aromatic nitrogens is 2. The van der Waals surface area contributed by atoms with Gasteiger partial charge in [-0.2, -0.15) is 9.40 Å². The predicted octanol–water partition coefficient (Wildman–Crippen LogP) is 4.67. The second-order valence-electron chi connectivity index (χ2n) is 7.53. The fourth-order valence-electron chi connectivity index (χ4n) is 3.64. The summed E-state index contributed by atoms with van der Waals surface area (Å²) < 4.78 is 29.0. The lowest BCUT2D eigenvalue weighted by atomic mass is 10.2. The summed E-state index contributed by atoms with van der Waals surface area (Å²) in [5.41, 5.74) is 1.00. The number of rotatable bonds is 6. The highest BCUT2D eigenvalue weighted by Gasteiger charge is 2.26. The number of hydrogen-bond donors (Lipinski definition) is 1. The van der Waals surface area contributed by atoms with Gasteiger partial charge in [-0.3, -0.25) is 4.79 Å². The first kappa shape index (κ1) is 22.8. The third kappa shape index (κ3) is 4.83. The van der Waals surface area contributed by atoms with E-state index in [0.717, 1.165) is 24.8 Å². The van der Waals surface area contributed by atoms with Crippen molar-refractivity contribution in [2.45, 2.75) is 30.7 Å². The van der Waals surface area contributed by atoms with E-state index < -0.39 is 15.9 Å². The number of hydrogen-bond acceptors (Lipinski definition) is 4. The Morgan fingerprint density at radius 2 is 1.78 bits per heavy atom. The first-order valence-corrected chi connectivity index (χ1v) is 12.4. The Morgan fingerprint density at radius 1 is 1.03 bits per heavy atom. The molecule has 0 radical (unpaired) electrons. The molecule has 1 aliphatic rings. The van der Waals surface area contributed by atoms with Gasteiger partial charge in [0.2, 0.25) is 10.0 Å². The number of piperidine rings is 1. The summed E-state index contributed by atoms with van der Waals surface area (Å²) in [5, 5.41) is 7.91. The Kier molecular flexibility index (Phi) is 6.85. The highest BCUT2D eigenvalue weighted by Crippen LogP contribution is 2.27. The number of halogens is 2. The van der Waals surface area contributed by atoms with Crippen molar-refractivity contribution >= 4 is 45.0 Å². The molecule has 1 saturated heterocycles. The molecule has 2 aromatic carbocycles. The highest BCUT2D eigenvalue weighted by molar-refractivity contribution is 7.89. The largest absolute Gasteiger partial charge is 0.307 e. The van der Waals surface area contributed by atoms with E-state index in [-0.39, 0.29) is 10.5 Å². The lowest BCUT2D eigenvalue weighted by molar-refractivity contribution is 0.102. The predicted molar refractivity (Wildman–Crippen MR) is 125 cm³/mol.